The van der Waals surface area contributed by atoms with Crippen LogP contribution in [0.2, 0.25) is 0 Å². The van der Waals surface area contributed by atoms with E-state index in [2.05, 4.69) is 4.72 Å². The molecular formula is C20H24N2O3S. The van der Waals surface area contributed by atoms with Crippen molar-refractivity contribution in [3.63, 3.8) is 0 Å². The van der Waals surface area contributed by atoms with Crippen LogP contribution in [0.3, 0.4) is 0 Å². The Morgan fingerprint density at radius 3 is 2.46 bits per heavy atom. The van der Waals surface area contributed by atoms with Crippen molar-refractivity contribution >= 4 is 27.3 Å². The van der Waals surface area contributed by atoms with Gasteiger partial charge in [-0.15, -0.1) is 0 Å². The molecule has 0 fully saturated rings. The number of hydrogen-bond acceptors (Lipinski definition) is 3. The Bertz CT molecular complexity index is 919. The van der Waals surface area contributed by atoms with Gasteiger partial charge in [0.15, 0.2) is 0 Å². The highest BCUT2D eigenvalue weighted by molar-refractivity contribution is 7.92. The van der Waals surface area contributed by atoms with E-state index in [1.165, 1.54) is 0 Å². The number of sulfonamides is 1. The summed E-state index contributed by atoms with van der Waals surface area (Å²) in [5.74, 6) is 0.0274. The van der Waals surface area contributed by atoms with Crippen LogP contribution >= 0.6 is 0 Å². The zero-order chi connectivity index (χ0) is 18.9. The van der Waals surface area contributed by atoms with E-state index in [-0.39, 0.29) is 16.7 Å². The maximum Gasteiger partial charge on any atom is 0.261 e. The molecule has 6 heteroatoms. The van der Waals surface area contributed by atoms with E-state index in [1.807, 2.05) is 37.8 Å². The molecule has 3 rings (SSSR count). The van der Waals surface area contributed by atoms with Crippen LogP contribution < -0.4 is 9.62 Å². The van der Waals surface area contributed by atoms with Crippen LogP contribution in [0.4, 0.5) is 11.4 Å². The third kappa shape index (κ3) is 3.75. The Morgan fingerprint density at radius 2 is 1.81 bits per heavy atom. The van der Waals surface area contributed by atoms with Crippen LogP contribution in [-0.4, -0.2) is 20.9 Å². The number of fused-ring (bicyclic) bond motifs is 1. The first-order chi connectivity index (χ1) is 12.3. The zero-order valence-electron chi connectivity index (χ0n) is 15.3. The Kier molecular flexibility index (Phi) is 5.05. The number of carbonyl (C=O) groups excluding carboxylic acids is 1. The van der Waals surface area contributed by atoms with Crippen molar-refractivity contribution in [2.75, 3.05) is 16.2 Å². The number of nitrogens with zero attached hydrogens (tertiary/aromatic N) is 1. The topological polar surface area (TPSA) is 66.5 Å². The van der Waals surface area contributed by atoms with Crippen LogP contribution in [0.5, 0.6) is 0 Å². The molecule has 2 aromatic carbocycles. The van der Waals surface area contributed by atoms with Gasteiger partial charge in [0.2, 0.25) is 5.91 Å². The van der Waals surface area contributed by atoms with E-state index in [0.717, 1.165) is 29.7 Å². The van der Waals surface area contributed by atoms with E-state index in [0.29, 0.717) is 12.2 Å². The minimum Gasteiger partial charge on any atom is -0.312 e. The average molecular weight is 372 g/mol. The van der Waals surface area contributed by atoms with Gasteiger partial charge in [-0.3, -0.25) is 9.52 Å². The van der Waals surface area contributed by atoms with Crippen LogP contribution in [0.1, 0.15) is 31.4 Å². The number of hydrogen-bond donors (Lipinski definition) is 1. The fourth-order valence-electron chi connectivity index (χ4n) is 3.13. The summed E-state index contributed by atoms with van der Waals surface area (Å²) in [6.45, 7) is 6.40. The summed E-state index contributed by atoms with van der Waals surface area (Å²) in [6, 6.07) is 12.1. The lowest BCUT2D eigenvalue weighted by atomic mass is 9.99. The molecule has 2 aromatic rings. The quantitative estimate of drug-likeness (QED) is 0.889. The number of anilines is 2. The number of benzene rings is 2. The predicted octanol–water partition coefficient (Wildman–Crippen LogP) is 3.73. The van der Waals surface area contributed by atoms with Crippen LogP contribution in [-0.2, 0) is 21.2 Å². The number of rotatable bonds is 4. The highest BCUT2D eigenvalue weighted by atomic mass is 32.2. The molecule has 138 valence electrons. The largest absolute Gasteiger partial charge is 0.312 e. The first-order valence-electron chi connectivity index (χ1n) is 8.82. The minimum atomic E-state index is -3.63. The third-order valence-corrected chi connectivity index (χ3v) is 5.94. The lowest BCUT2D eigenvalue weighted by Crippen LogP contribution is -2.38. The van der Waals surface area contributed by atoms with Crippen LogP contribution in [0.15, 0.2) is 47.4 Å². The van der Waals surface area contributed by atoms with E-state index in [9.17, 15) is 13.2 Å². The van der Waals surface area contributed by atoms with Gasteiger partial charge in [-0.05, 0) is 55.7 Å². The second-order valence-corrected chi connectivity index (χ2v) is 8.69. The van der Waals surface area contributed by atoms with Gasteiger partial charge in [0.1, 0.15) is 0 Å². The molecule has 1 amide bonds. The van der Waals surface area contributed by atoms with Crippen molar-refractivity contribution in [3.05, 3.63) is 53.6 Å². The molecule has 1 heterocycles. The maximum absolute atomic E-state index is 12.6. The van der Waals surface area contributed by atoms with E-state index in [1.54, 1.807) is 30.3 Å². The van der Waals surface area contributed by atoms with Gasteiger partial charge in [0.25, 0.3) is 10.0 Å². The highest BCUT2D eigenvalue weighted by Gasteiger charge is 2.25. The average Bonchev–Trinajstić information content (AvgIpc) is 2.60. The summed E-state index contributed by atoms with van der Waals surface area (Å²) < 4.78 is 27.8. The monoisotopic (exact) mass is 372 g/mol. The fraction of sp³-hybridized carbons (Fsp3) is 0.350. The van der Waals surface area contributed by atoms with Gasteiger partial charge in [0.05, 0.1) is 4.90 Å². The van der Waals surface area contributed by atoms with Gasteiger partial charge < -0.3 is 4.90 Å². The molecule has 0 aliphatic carbocycles. The second-order valence-electron chi connectivity index (χ2n) is 7.01. The van der Waals surface area contributed by atoms with Crippen molar-refractivity contribution < 1.29 is 13.2 Å². The zero-order valence-corrected chi connectivity index (χ0v) is 16.1. The molecule has 1 aliphatic heterocycles. The van der Waals surface area contributed by atoms with Crippen molar-refractivity contribution in [2.24, 2.45) is 5.92 Å². The molecule has 0 atom stereocenters. The molecule has 1 aliphatic rings. The lowest BCUT2D eigenvalue weighted by molar-refractivity contribution is -0.121. The van der Waals surface area contributed by atoms with E-state index < -0.39 is 10.0 Å². The normalized spacial score (nSPS) is 14.2. The molecule has 0 radical (unpaired) electrons. The first kappa shape index (κ1) is 18.5. The predicted molar refractivity (Wildman–Crippen MR) is 104 cm³/mol. The van der Waals surface area contributed by atoms with Gasteiger partial charge in [-0.25, -0.2) is 8.42 Å². The van der Waals surface area contributed by atoms with Gasteiger partial charge in [-0.1, -0.05) is 31.5 Å². The summed E-state index contributed by atoms with van der Waals surface area (Å²) in [6.07, 6.45) is 1.71. The summed E-state index contributed by atoms with van der Waals surface area (Å²) in [4.78, 5) is 14.4. The molecule has 1 N–H and O–H groups in total. The van der Waals surface area contributed by atoms with Crippen molar-refractivity contribution in [2.45, 2.75) is 38.5 Å². The standard InChI is InChI=1S/C20H24N2O3S/c1-14(2)20(23)22-12-4-5-16-13-17(8-11-19(16)22)21-26(24,25)18-9-6-15(3)7-10-18/h6-11,13-14,21H,4-5,12H2,1-3H3. The second kappa shape index (κ2) is 7.11. The van der Waals surface area contributed by atoms with Gasteiger partial charge in [0, 0.05) is 23.8 Å². The van der Waals surface area contributed by atoms with E-state index >= 15 is 0 Å². The first-order valence-corrected chi connectivity index (χ1v) is 10.3. The summed E-state index contributed by atoms with van der Waals surface area (Å²) >= 11 is 0. The summed E-state index contributed by atoms with van der Waals surface area (Å²) in [7, 11) is -3.63. The summed E-state index contributed by atoms with van der Waals surface area (Å²) in [5.41, 5.74) is 3.40. The van der Waals surface area contributed by atoms with Gasteiger partial charge in [-0.2, -0.15) is 0 Å². The Labute approximate surface area is 155 Å². The molecule has 0 unspecified atom stereocenters. The molecule has 26 heavy (non-hydrogen) atoms. The SMILES string of the molecule is Cc1ccc(S(=O)(=O)Nc2ccc3c(c2)CCCN3C(=O)C(C)C)cc1. The molecule has 0 saturated carbocycles. The molecule has 5 nitrogen and oxygen atoms in total. The van der Waals surface area contributed by atoms with Crippen LogP contribution in [0.25, 0.3) is 0 Å². The number of carbonyl (C=O) groups is 1. The molecule has 0 spiro atoms. The van der Waals surface area contributed by atoms with Crippen molar-refractivity contribution in [3.8, 4) is 0 Å². The van der Waals surface area contributed by atoms with Crippen molar-refractivity contribution in [1.29, 1.82) is 0 Å². The molecule has 0 saturated heterocycles. The smallest absolute Gasteiger partial charge is 0.261 e. The third-order valence-electron chi connectivity index (χ3n) is 4.54. The maximum atomic E-state index is 12.6. The number of aryl methyl sites for hydroxylation is 2. The van der Waals surface area contributed by atoms with Crippen molar-refractivity contribution in [1.82, 2.24) is 0 Å². The lowest BCUT2D eigenvalue weighted by Gasteiger charge is -2.31. The van der Waals surface area contributed by atoms with Gasteiger partial charge >= 0.3 is 0 Å². The minimum absolute atomic E-state index is 0.0688. The number of nitrogens with one attached hydrogen (secondary N) is 1. The Balaban J connectivity index is 1.87. The molecular weight excluding hydrogens is 348 g/mol. The Hall–Kier alpha value is -2.34. The molecule has 0 bridgehead atoms. The molecule has 0 aromatic heterocycles. The van der Waals surface area contributed by atoms with Crippen LogP contribution in [0, 0.1) is 12.8 Å². The van der Waals surface area contributed by atoms with E-state index in [4.69, 9.17) is 0 Å². The Morgan fingerprint density at radius 1 is 1.12 bits per heavy atom. The summed E-state index contributed by atoms with van der Waals surface area (Å²) in [5, 5.41) is 0. The highest BCUT2D eigenvalue weighted by Crippen LogP contribution is 2.31. The fourth-order valence-corrected chi connectivity index (χ4v) is 4.18. The number of amides is 1.